The number of carbonyl (C=O) groups excluding carboxylic acids is 1. The van der Waals surface area contributed by atoms with Crippen molar-refractivity contribution >= 4 is 5.91 Å². The molecule has 0 aliphatic carbocycles. The fraction of sp³-hybridized carbons (Fsp3) is 0.529. The highest BCUT2D eigenvalue weighted by Gasteiger charge is 2.30. The summed E-state index contributed by atoms with van der Waals surface area (Å²) in [5, 5.41) is 7.12. The van der Waals surface area contributed by atoms with E-state index in [2.05, 4.69) is 39.0 Å². The number of amides is 1. The number of hydrogen-bond acceptors (Lipinski definition) is 5. The molecule has 0 radical (unpaired) electrons. The lowest BCUT2D eigenvalue weighted by Crippen LogP contribution is -2.36. The summed E-state index contributed by atoms with van der Waals surface area (Å²) in [6.07, 6.45) is 6.43. The second kappa shape index (κ2) is 7.53. The number of hydrogen-bond donors (Lipinski definition) is 1. The SMILES string of the molecule is CCCc1cc(C(=O)N2CC[C@H](N(C)Cc3ncccn3)C2)n[nH]1. The molecule has 0 unspecified atom stereocenters. The molecular weight excluding hydrogens is 304 g/mol. The Bertz CT molecular complexity index is 671. The van der Waals surface area contributed by atoms with Gasteiger partial charge in [-0.2, -0.15) is 5.10 Å². The molecular formula is C17H24N6O. The van der Waals surface area contributed by atoms with Crippen molar-refractivity contribution in [2.24, 2.45) is 0 Å². The molecule has 1 N–H and O–H groups in total. The van der Waals surface area contributed by atoms with Crippen molar-refractivity contribution in [2.75, 3.05) is 20.1 Å². The summed E-state index contributed by atoms with van der Waals surface area (Å²) in [5.41, 5.74) is 1.54. The zero-order chi connectivity index (χ0) is 16.9. The van der Waals surface area contributed by atoms with Gasteiger partial charge in [-0.25, -0.2) is 9.97 Å². The number of likely N-dealkylation sites (N-methyl/N-ethyl adjacent to an activating group) is 1. The van der Waals surface area contributed by atoms with Gasteiger partial charge in [0.05, 0.1) is 6.54 Å². The Balaban J connectivity index is 1.57. The number of likely N-dealkylation sites (tertiary alicyclic amines) is 1. The lowest BCUT2D eigenvalue weighted by Gasteiger charge is -2.23. The second-order valence-corrected chi connectivity index (χ2v) is 6.30. The standard InChI is InChI=1S/C17H24N6O/c1-3-5-13-10-15(21-20-13)17(24)23-9-6-14(11-23)22(2)12-16-18-7-4-8-19-16/h4,7-8,10,14H,3,5-6,9,11-12H2,1-2H3,(H,20,21)/t14-/m0/s1. The molecule has 2 aromatic rings. The van der Waals surface area contributed by atoms with E-state index in [1.807, 2.05) is 17.0 Å². The number of rotatable bonds is 6. The first-order valence-corrected chi connectivity index (χ1v) is 8.47. The minimum Gasteiger partial charge on any atom is -0.336 e. The third kappa shape index (κ3) is 3.79. The van der Waals surface area contributed by atoms with Gasteiger partial charge in [0, 0.05) is 37.2 Å². The molecule has 3 heterocycles. The van der Waals surface area contributed by atoms with Gasteiger partial charge in [0.1, 0.15) is 11.5 Å². The second-order valence-electron chi connectivity index (χ2n) is 6.30. The highest BCUT2D eigenvalue weighted by Crippen LogP contribution is 2.18. The van der Waals surface area contributed by atoms with E-state index in [0.717, 1.165) is 43.9 Å². The smallest absolute Gasteiger partial charge is 0.274 e. The van der Waals surface area contributed by atoms with E-state index in [1.165, 1.54) is 0 Å². The normalized spacial score (nSPS) is 17.6. The van der Waals surface area contributed by atoms with Crippen molar-refractivity contribution in [2.45, 2.75) is 38.8 Å². The predicted molar refractivity (Wildman–Crippen MR) is 90.4 cm³/mol. The van der Waals surface area contributed by atoms with E-state index in [9.17, 15) is 4.79 Å². The van der Waals surface area contributed by atoms with Crippen LogP contribution in [-0.4, -0.2) is 62.1 Å². The summed E-state index contributed by atoms with van der Waals surface area (Å²) in [6.45, 7) is 4.29. The number of aryl methyl sites for hydroxylation is 1. The van der Waals surface area contributed by atoms with E-state index in [1.54, 1.807) is 12.4 Å². The van der Waals surface area contributed by atoms with Crippen molar-refractivity contribution in [3.8, 4) is 0 Å². The van der Waals surface area contributed by atoms with Crippen LogP contribution in [0.4, 0.5) is 0 Å². The van der Waals surface area contributed by atoms with Crippen molar-refractivity contribution in [3.63, 3.8) is 0 Å². The van der Waals surface area contributed by atoms with E-state index in [0.29, 0.717) is 18.3 Å². The number of nitrogens with zero attached hydrogens (tertiary/aromatic N) is 5. The van der Waals surface area contributed by atoms with Crippen LogP contribution in [0.15, 0.2) is 24.5 Å². The lowest BCUT2D eigenvalue weighted by molar-refractivity contribution is 0.0773. The number of aromatic amines is 1. The highest BCUT2D eigenvalue weighted by atomic mass is 16.2. The molecule has 2 aromatic heterocycles. The van der Waals surface area contributed by atoms with Gasteiger partial charge < -0.3 is 4.90 Å². The lowest BCUT2D eigenvalue weighted by atomic mass is 10.2. The van der Waals surface area contributed by atoms with Crippen molar-refractivity contribution < 1.29 is 4.79 Å². The molecule has 7 nitrogen and oxygen atoms in total. The van der Waals surface area contributed by atoms with Crippen molar-refractivity contribution in [1.29, 1.82) is 0 Å². The highest BCUT2D eigenvalue weighted by molar-refractivity contribution is 5.92. The van der Waals surface area contributed by atoms with Crippen LogP contribution < -0.4 is 0 Å². The molecule has 128 valence electrons. The Morgan fingerprint density at radius 2 is 2.21 bits per heavy atom. The zero-order valence-corrected chi connectivity index (χ0v) is 14.3. The van der Waals surface area contributed by atoms with Gasteiger partial charge in [0.25, 0.3) is 5.91 Å². The number of aromatic nitrogens is 4. The summed E-state index contributed by atoms with van der Waals surface area (Å²) in [7, 11) is 2.06. The van der Waals surface area contributed by atoms with Crippen LogP contribution in [-0.2, 0) is 13.0 Å². The topological polar surface area (TPSA) is 78.0 Å². The molecule has 24 heavy (non-hydrogen) atoms. The van der Waals surface area contributed by atoms with Crippen LogP contribution in [0.3, 0.4) is 0 Å². The monoisotopic (exact) mass is 328 g/mol. The predicted octanol–water partition coefficient (Wildman–Crippen LogP) is 1.50. The average molecular weight is 328 g/mol. The molecule has 0 bridgehead atoms. The average Bonchev–Trinajstić information content (AvgIpc) is 3.25. The van der Waals surface area contributed by atoms with E-state index in [4.69, 9.17) is 0 Å². The third-order valence-electron chi connectivity index (χ3n) is 4.45. The molecule has 3 rings (SSSR count). The molecule has 1 saturated heterocycles. The fourth-order valence-electron chi connectivity index (χ4n) is 3.08. The zero-order valence-electron chi connectivity index (χ0n) is 14.3. The van der Waals surface area contributed by atoms with E-state index in [-0.39, 0.29) is 5.91 Å². The quantitative estimate of drug-likeness (QED) is 0.869. The Labute approximate surface area is 142 Å². The molecule has 1 atom stereocenters. The number of nitrogens with one attached hydrogen (secondary N) is 1. The third-order valence-corrected chi connectivity index (χ3v) is 4.45. The first-order chi connectivity index (χ1) is 11.7. The Morgan fingerprint density at radius 3 is 2.96 bits per heavy atom. The van der Waals surface area contributed by atoms with Crippen LogP contribution in [0.25, 0.3) is 0 Å². The summed E-state index contributed by atoms with van der Waals surface area (Å²) in [4.78, 5) is 25.2. The molecule has 1 aliphatic heterocycles. The van der Waals surface area contributed by atoms with Crippen LogP contribution >= 0.6 is 0 Å². The molecule has 1 fully saturated rings. The van der Waals surface area contributed by atoms with Crippen LogP contribution in [0, 0.1) is 0 Å². The summed E-state index contributed by atoms with van der Waals surface area (Å²) < 4.78 is 0. The molecule has 0 aromatic carbocycles. The summed E-state index contributed by atoms with van der Waals surface area (Å²) in [5.74, 6) is 0.821. The van der Waals surface area contributed by atoms with Gasteiger partial charge in [-0.3, -0.25) is 14.8 Å². The summed E-state index contributed by atoms with van der Waals surface area (Å²) >= 11 is 0. The molecule has 0 saturated carbocycles. The van der Waals surface area contributed by atoms with Crippen molar-refractivity contribution in [1.82, 2.24) is 30.0 Å². The van der Waals surface area contributed by atoms with Gasteiger partial charge in [-0.15, -0.1) is 0 Å². The Morgan fingerprint density at radius 1 is 1.42 bits per heavy atom. The minimum absolute atomic E-state index is 0.0143. The molecule has 0 spiro atoms. The van der Waals surface area contributed by atoms with Crippen LogP contribution in [0.5, 0.6) is 0 Å². The first-order valence-electron chi connectivity index (χ1n) is 8.47. The van der Waals surface area contributed by atoms with Gasteiger partial charge in [0.2, 0.25) is 0 Å². The first kappa shape index (κ1) is 16.6. The maximum absolute atomic E-state index is 12.6. The van der Waals surface area contributed by atoms with Crippen molar-refractivity contribution in [3.05, 3.63) is 41.7 Å². The van der Waals surface area contributed by atoms with Crippen LogP contribution in [0.1, 0.15) is 41.8 Å². The summed E-state index contributed by atoms with van der Waals surface area (Å²) in [6, 6.07) is 4.02. The van der Waals surface area contributed by atoms with Gasteiger partial charge in [-0.1, -0.05) is 13.3 Å². The maximum Gasteiger partial charge on any atom is 0.274 e. The van der Waals surface area contributed by atoms with E-state index >= 15 is 0 Å². The maximum atomic E-state index is 12.6. The van der Waals surface area contributed by atoms with Gasteiger partial charge in [-0.05, 0) is 32.0 Å². The Hall–Kier alpha value is -2.28. The van der Waals surface area contributed by atoms with Gasteiger partial charge in [0.15, 0.2) is 0 Å². The van der Waals surface area contributed by atoms with Gasteiger partial charge >= 0.3 is 0 Å². The number of H-pyrrole nitrogens is 1. The fourth-order valence-corrected chi connectivity index (χ4v) is 3.08. The number of carbonyl (C=O) groups is 1. The molecule has 1 amide bonds. The minimum atomic E-state index is 0.0143. The molecule has 1 aliphatic rings. The Kier molecular flexibility index (Phi) is 5.20. The van der Waals surface area contributed by atoms with E-state index < -0.39 is 0 Å². The molecule has 7 heteroatoms. The largest absolute Gasteiger partial charge is 0.336 e. The van der Waals surface area contributed by atoms with Crippen LogP contribution in [0.2, 0.25) is 0 Å².